The van der Waals surface area contributed by atoms with E-state index in [0.29, 0.717) is 6.42 Å². The van der Waals surface area contributed by atoms with E-state index in [1.165, 1.54) is 173 Å². The van der Waals surface area contributed by atoms with Crippen molar-refractivity contribution in [2.45, 2.75) is 433 Å². The highest BCUT2D eigenvalue weighted by Gasteiger charge is 2.54. The zero-order valence-electron chi connectivity index (χ0n) is 71.9. The SMILES string of the molecule is CC/C=C\C/C=C\C/C=C\C/C=C\C/C=C\C/C=C\C/C=C\C/C=C\C/C=C\C/C=C\C/C=C\CCCCCCCC(=O)NC(COC1OC(CO)C(OC2OC(CO)C(OC3OC(CO)C(O)C(O)C3O)C(O)C2O)C(O)C1O)C(O)/C=C/CCCCCCCCCCCCCCCCCCCCCCCCCCCCCCCC. The zero-order valence-corrected chi connectivity index (χ0v) is 71.9. The lowest BCUT2D eigenvalue weighted by molar-refractivity contribution is -0.379. The lowest BCUT2D eigenvalue weighted by Gasteiger charge is -2.48. The van der Waals surface area contributed by atoms with E-state index in [9.17, 15) is 61.0 Å². The molecule has 19 nitrogen and oxygen atoms in total. The molecule has 1 amide bonds. The molecule has 3 heterocycles. The Bertz CT molecular complexity index is 2670. The molecule has 17 atom stereocenters. The van der Waals surface area contributed by atoms with Gasteiger partial charge in [0, 0.05) is 6.42 Å². The van der Waals surface area contributed by atoms with Crippen LogP contribution in [0.25, 0.3) is 0 Å². The molecule has 19 heteroatoms. The van der Waals surface area contributed by atoms with Crippen LogP contribution < -0.4 is 5.32 Å². The third-order valence-corrected chi connectivity index (χ3v) is 21.9. The first kappa shape index (κ1) is 106. The second-order valence-corrected chi connectivity index (χ2v) is 32.0. The molecule has 12 N–H and O–H groups in total. The molecule has 0 spiro atoms. The Hall–Kier alpha value is -4.33. The van der Waals surface area contributed by atoms with Crippen LogP contribution in [0.15, 0.2) is 146 Å². The summed E-state index contributed by atoms with van der Waals surface area (Å²) < 4.78 is 34.5. The fourth-order valence-electron chi connectivity index (χ4n) is 14.6. The van der Waals surface area contributed by atoms with Crippen LogP contribution in [0.1, 0.15) is 328 Å². The van der Waals surface area contributed by atoms with E-state index in [1.54, 1.807) is 6.08 Å². The predicted octanol–water partition coefficient (Wildman–Crippen LogP) is 18.1. The van der Waals surface area contributed by atoms with Gasteiger partial charge in [0.25, 0.3) is 0 Å². The molecule has 3 fully saturated rings. The fourth-order valence-corrected chi connectivity index (χ4v) is 14.6. The number of hydrogen-bond acceptors (Lipinski definition) is 18. The molecule has 116 heavy (non-hydrogen) atoms. The van der Waals surface area contributed by atoms with Gasteiger partial charge in [0.2, 0.25) is 5.91 Å². The lowest BCUT2D eigenvalue weighted by atomic mass is 9.96. The smallest absolute Gasteiger partial charge is 0.220 e. The van der Waals surface area contributed by atoms with Crippen LogP contribution in [0.4, 0.5) is 0 Å². The van der Waals surface area contributed by atoms with Gasteiger partial charge in [0.05, 0.1) is 38.6 Å². The molecule has 3 aliphatic heterocycles. The summed E-state index contributed by atoms with van der Waals surface area (Å²) in [5.41, 5.74) is 0. The van der Waals surface area contributed by atoms with Crippen molar-refractivity contribution < 1.29 is 89.4 Å². The fraction of sp³-hybridized carbons (Fsp3) is 0.742. The van der Waals surface area contributed by atoms with E-state index in [1.807, 2.05) is 6.08 Å². The van der Waals surface area contributed by atoms with E-state index in [2.05, 4.69) is 153 Å². The molecule has 3 rings (SSSR count). The Labute approximate surface area is 702 Å². The summed E-state index contributed by atoms with van der Waals surface area (Å²) in [5, 5.41) is 121. The first-order chi connectivity index (χ1) is 56.8. The molecular formula is C97H165NO18. The van der Waals surface area contributed by atoms with Crippen molar-refractivity contribution >= 4 is 5.91 Å². The molecule has 0 bridgehead atoms. The van der Waals surface area contributed by atoms with Crippen molar-refractivity contribution in [1.82, 2.24) is 5.32 Å². The number of nitrogens with one attached hydrogen (secondary N) is 1. The van der Waals surface area contributed by atoms with Crippen LogP contribution in [-0.2, 0) is 33.2 Å². The zero-order chi connectivity index (χ0) is 83.8. The maximum absolute atomic E-state index is 13.5. The number of allylic oxidation sites excluding steroid dienone is 23. The topological polar surface area (TPSA) is 307 Å². The number of carbonyl (C=O) groups excluding carboxylic acids is 1. The number of aliphatic hydroxyl groups is 11. The molecule has 666 valence electrons. The molecule has 0 aromatic rings. The number of ether oxygens (including phenoxy) is 6. The Morgan fingerprint density at radius 3 is 0.931 bits per heavy atom. The van der Waals surface area contributed by atoms with Gasteiger partial charge in [-0.25, -0.2) is 0 Å². The van der Waals surface area contributed by atoms with Gasteiger partial charge in [0.15, 0.2) is 18.9 Å². The third kappa shape index (κ3) is 52.1. The molecule has 0 aliphatic carbocycles. The summed E-state index contributed by atoms with van der Waals surface area (Å²) in [6, 6.07) is -0.997. The lowest BCUT2D eigenvalue weighted by Crippen LogP contribution is -2.66. The normalized spacial score (nSPS) is 25.2. The maximum Gasteiger partial charge on any atom is 0.220 e. The Kier molecular flexibility index (Phi) is 68.0. The molecular weight excluding hydrogens is 1470 g/mol. The first-order valence-corrected chi connectivity index (χ1v) is 46.1. The van der Waals surface area contributed by atoms with E-state index >= 15 is 0 Å². The number of carbonyl (C=O) groups is 1. The van der Waals surface area contributed by atoms with E-state index < -0.39 is 124 Å². The van der Waals surface area contributed by atoms with Crippen LogP contribution in [-0.4, -0.2) is 193 Å². The number of hydrogen-bond donors (Lipinski definition) is 12. The second-order valence-electron chi connectivity index (χ2n) is 32.0. The third-order valence-electron chi connectivity index (χ3n) is 21.9. The summed E-state index contributed by atoms with van der Waals surface area (Å²) in [7, 11) is 0. The number of rotatable bonds is 73. The first-order valence-electron chi connectivity index (χ1n) is 46.1. The highest BCUT2D eigenvalue weighted by Crippen LogP contribution is 2.33. The Morgan fingerprint density at radius 2 is 0.595 bits per heavy atom. The number of aliphatic hydroxyl groups excluding tert-OH is 11. The molecule has 0 radical (unpaired) electrons. The minimum Gasteiger partial charge on any atom is -0.394 e. The average Bonchev–Trinajstić information content (AvgIpc) is 0.779. The van der Waals surface area contributed by atoms with Gasteiger partial charge in [-0.1, -0.05) is 365 Å². The highest BCUT2D eigenvalue weighted by molar-refractivity contribution is 5.76. The van der Waals surface area contributed by atoms with Crippen LogP contribution in [0.5, 0.6) is 0 Å². The van der Waals surface area contributed by atoms with Crippen molar-refractivity contribution in [2.24, 2.45) is 0 Å². The molecule has 0 saturated carbocycles. The Morgan fingerprint density at radius 1 is 0.319 bits per heavy atom. The van der Waals surface area contributed by atoms with Gasteiger partial charge >= 0.3 is 0 Å². The number of unbranched alkanes of at least 4 members (excludes halogenated alkanes) is 35. The standard InChI is InChI=1S/C97H165NO18/c1-3-5-7-9-11-13-15-17-19-21-23-25-27-29-31-33-35-37-38-39-40-41-42-43-45-47-49-51-53-55-57-59-61-63-65-67-69-71-73-75-85(103)98-80(81(102)74-72-70-68-66-64-62-60-58-56-54-52-50-48-46-44-36-34-32-30-28-26-24-22-20-18-16-14-12-10-8-6-4-2)79-111-95-91(109)88(106)93(83(77-100)113-95)116-97-92(110)89(107)94(84(78-101)114-97)115-96-90(108)87(105)86(104)82(76-99)112-96/h5,7,11,13,17,19,23,25,29,31,35,37,39-40,42-43,47,49,53,55,59,61,72,74,80-84,86-97,99-102,104-110H,3-4,6,8-10,12,14-16,18,20-22,24,26-28,30,32-34,36,38,41,44-46,48,50-52,54,56-58,60,62-71,73,75-79H2,1-2H3,(H,98,103)/b7-5-,13-11-,19-17-,25-23-,31-29-,37-35-,40-39-,43-42-,49-47-,55-53-,61-59-,74-72+. The Balaban J connectivity index is 1.35. The quantitative estimate of drug-likeness (QED) is 0.0199. The summed E-state index contributed by atoms with van der Waals surface area (Å²) in [5.74, 6) is -0.296. The predicted molar refractivity (Wildman–Crippen MR) is 470 cm³/mol. The van der Waals surface area contributed by atoms with Gasteiger partial charge in [0.1, 0.15) is 73.2 Å². The minimum absolute atomic E-state index is 0.212. The molecule has 0 aromatic heterocycles. The van der Waals surface area contributed by atoms with Crippen LogP contribution in [0.3, 0.4) is 0 Å². The molecule has 0 aromatic carbocycles. The monoisotopic (exact) mass is 1630 g/mol. The summed E-state index contributed by atoms with van der Waals surface area (Å²) >= 11 is 0. The summed E-state index contributed by atoms with van der Waals surface area (Å²) in [6.07, 6.45) is 82.7. The van der Waals surface area contributed by atoms with Gasteiger partial charge in [-0.2, -0.15) is 0 Å². The van der Waals surface area contributed by atoms with E-state index in [-0.39, 0.29) is 18.9 Å². The molecule has 17 unspecified atom stereocenters. The van der Waals surface area contributed by atoms with Crippen LogP contribution in [0, 0.1) is 0 Å². The van der Waals surface area contributed by atoms with Crippen LogP contribution >= 0.6 is 0 Å². The van der Waals surface area contributed by atoms with Gasteiger partial charge in [-0.05, 0) is 103 Å². The summed E-state index contributed by atoms with van der Waals surface area (Å²) in [6.45, 7) is 1.63. The molecule has 3 saturated heterocycles. The molecule has 3 aliphatic rings. The minimum atomic E-state index is -1.99. The maximum atomic E-state index is 13.5. The number of amides is 1. The van der Waals surface area contributed by atoms with Crippen LogP contribution in [0.2, 0.25) is 0 Å². The second kappa shape index (κ2) is 74.5. The van der Waals surface area contributed by atoms with Crippen molar-refractivity contribution in [3.63, 3.8) is 0 Å². The van der Waals surface area contributed by atoms with E-state index in [4.69, 9.17) is 28.4 Å². The largest absolute Gasteiger partial charge is 0.394 e. The van der Waals surface area contributed by atoms with Gasteiger partial charge in [-0.15, -0.1) is 0 Å². The van der Waals surface area contributed by atoms with E-state index in [0.717, 1.165) is 128 Å². The van der Waals surface area contributed by atoms with Crippen molar-refractivity contribution in [2.75, 3.05) is 26.4 Å². The van der Waals surface area contributed by atoms with Gasteiger partial charge in [-0.3, -0.25) is 4.79 Å². The van der Waals surface area contributed by atoms with Gasteiger partial charge < -0.3 is 89.9 Å². The van der Waals surface area contributed by atoms with Crippen molar-refractivity contribution in [3.8, 4) is 0 Å². The summed E-state index contributed by atoms with van der Waals surface area (Å²) in [4.78, 5) is 13.5. The van der Waals surface area contributed by atoms with Crippen molar-refractivity contribution in [3.05, 3.63) is 146 Å². The average molecular weight is 1630 g/mol. The highest BCUT2D eigenvalue weighted by atomic mass is 16.8. The van der Waals surface area contributed by atoms with Crippen molar-refractivity contribution in [1.29, 1.82) is 0 Å².